The molecule has 1 aliphatic rings. The van der Waals surface area contributed by atoms with Gasteiger partial charge in [-0.3, -0.25) is 9.69 Å². The lowest BCUT2D eigenvalue weighted by molar-refractivity contribution is -0.119. The van der Waals surface area contributed by atoms with E-state index in [-0.39, 0.29) is 5.91 Å². The highest BCUT2D eigenvalue weighted by molar-refractivity contribution is 7.15. The van der Waals surface area contributed by atoms with Gasteiger partial charge in [-0.15, -0.1) is 10.2 Å². The molecule has 1 saturated carbocycles. The Labute approximate surface area is 117 Å². The molecular weight excluding hydrogens is 262 g/mol. The van der Waals surface area contributed by atoms with Crippen molar-refractivity contribution in [3.63, 3.8) is 0 Å². The van der Waals surface area contributed by atoms with Gasteiger partial charge in [0.25, 0.3) is 0 Å². The molecule has 0 bridgehead atoms. The summed E-state index contributed by atoms with van der Waals surface area (Å²) in [6.07, 6.45) is 4.76. The summed E-state index contributed by atoms with van der Waals surface area (Å²) in [5.41, 5.74) is 5.34. The van der Waals surface area contributed by atoms with Crippen LogP contribution in [0.5, 0.6) is 0 Å². The number of hydrogen-bond donors (Lipinski definition) is 2. The van der Waals surface area contributed by atoms with Crippen molar-refractivity contribution in [2.75, 3.05) is 18.4 Å². The average Bonchev–Trinajstić information content (AvgIpc) is 2.99. The highest BCUT2D eigenvalue weighted by Crippen LogP contribution is 2.26. The molecule has 6 nitrogen and oxygen atoms in total. The Morgan fingerprint density at radius 3 is 2.84 bits per heavy atom. The van der Waals surface area contributed by atoms with E-state index in [1.807, 2.05) is 6.92 Å². The molecule has 1 fully saturated rings. The molecule has 1 aromatic rings. The Kier molecular flexibility index (Phi) is 5.09. The predicted molar refractivity (Wildman–Crippen MR) is 75.9 cm³/mol. The highest BCUT2D eigenvalue weighted by Gasteiger charge is 2.24. The average molecular weight is 283 g/mol. The summed E-state index contributed by atoms with van der Waals surface area (Å²) in [5.74, 6) is -0.275. The standard InChI is InChI=1S/C12H21N5OS/c1-2-14-12-16-15-11(19-12)8-17(7-10(13)18)9-5-3-4-6-9/h9H,2-8H2,1H3,(H2,13,18)(H,14,16). The number of carbonyl (C=O) groups is 1. The molecule has 0 aliphatic heterocycles. The van der Waals surface area contributed by atoms with Crippen LogP contribution in [0.4, 0.5) is 5.13 Å². The Morgan fingerprint density at radius 2 is 2.21 bits per heavy atom. The normalized spacial score (nSPS) is 16.1. The maximum atomic E-state index is 11.2. The number of anilines is 1. The van der Waals surface area contributed by atoms with Crippen LogP contribution < -0.4 is 11.1 Å². The van der Waals surface area contributed by atoms with Gasteiger partial charge in [-0.25, -0.2) is 0 Å². The molecule has 0 atom stereocenters. The van der Waals surface area contributed by atoms with Gasteiger partial charge >= 0.3 is 0 Å². The topological polar surface area (TPSA) is 84.1 Å². The van der Waals surface area contributed by atoms with Crippen LogP contribution in [-0.2, 0) is 11.3 Å². The Bertz CT molecular complexity index is 416. The van der Waals surface area contributed by atoms with Crippen molar-refractivity contribution < 1.29 is 4.79 Å². The maximum absolute atomic E-state index is 11.2. The van der Waals surface area contributed by atoms with Crippen molar-refractivity contribution in [1.82, 2.24) is 15.1 Å². The Hall–Kier alpha value is -1.21. The number of hydrogen-bond acceptors (Lipinski definition) is 6. The summed E-state index contributed by atoms with van der Waals surface area (Å²) in [6.45, 7) is 3.83. The van der Waals surface area contributed by atoms with E-state index in [4.69, 9.17) is 5.73 Å². The molecule has 1 aliphatic carbocycles. The van der Waals surface area contributed by atoms with E-state index in [0.29, 0.717) is 19.1 Å². The first-order chi connectivity index (χ1) is 9.19. The van der Waals surface area contributed by atoms with Gasteiger partial charge in [-0.2, -0.15) is 0 Å². The zero-order valence-corrected chi connectivity index (χ0v) is 12.1. The number of nitrogens with one attached hydrogen (secondary N) is 1. The second kappa shape index (κ2) is 6.81. The second-order valence-corrected chi connectivity index (χ2v) is 5.90. The van der Waals surface area contributed by atoms with Gasteiger partial charge in [0.1, 0.15) is 5.01 Å². The smallest absolute Gasteiger partial charge is 0.231 e. The van der Waals surface area contributed by atoms with Gasteiger partial charge in [-0.1, -0.05) is 24.2 Å². The quantitative estimate of drug-likeness (QED) is 0.785. The molecule has 7 heteroatoms. The van der Waals surface area contributed by atoms with E-state index in [0.717, 1.165) is 29.5 Å². The summed E-state index contributed by atoms with van der Waals surface area (Å²) in [6, 6.07) is 0.457. The molecular formula is C12H21N5OS. The number of nitrogens with two attached hydrogens (primary N) is 1. The third-order valence-electron chi connectivity index (χ3n) is 3.33. The lowest BCUT2D eigenvalue weighted by atomic mass is 10.2. The molecule has 0 aromatic carbocycles. The number of amides is 1. The van der Waals surface area contributed by atoms with E-state index < -0.39 is 0 Å². The highest BCUT2D eigenvalue weighted by atomic mass is 32.1. The van der Waals surface area contributed by atoms with Crippen molar-refractivity contribution in [2.24, 2.45) is 5.73 Å². The van der Waals surface area contributed by atoms with E-state index in [1.165, 1.54) is 12.8 Å². The second-order valence-electron chi connectivity index (χ2n) is 4.84. The van der Waals surface area contributed by atoms with Crippen LogP contribution in [0.1, 0.15) is 37.6 Å². The number of aromatic nitrogens is 2. The van der Waals surface area contributed by atoms with Gasteiger partial charge in [0.05, 0.1) is 13.1 Å². The molecule has 1 amide bonds. The molecule has 2 rings (SSSR count). The Morgan fingerprint density at radius 1 is 1.47 bits per heavy atom. The van der Waals surface area contributed by atoms with Crippen LogP contribution in [0, 0.1) is 0 Å². The van der Waals surface area contributed by atoms with Crippen LogP contribution in [0.2, 0.25) is 0 Å². The molecule has 0 saturated heterocycles. The Balaban J connectivity index is 1.99. The summed E-state index contributed by atoms with van der Waals surface area (Å²) in [7, 11) is 0. The SMILES string of the molecule is CCNc1nnc(CN(CC(N)=O)C2CCCC2)s1. The van der Waals surface area contributed by atoms with Gasteiger partial charge in [0, 0.05) is 12.6 Å². The minimum absolute atomic E-state index is 0.275. The minimum atomic E-state index is -0.275. The number of rotatable bonds is 7. The van der Waals surface area contributed by atoms with Crippen molar-refractivity contribution in [2.45, 2.75) is 45.2 Å². The van der Waals surface area contributed by atoms with Crippen LogP contribution in [0.3, 0.4) is 0 Å². The number of primary amides is 1. The third kappa shape index (κ3) is 4.14. The van der Waals surface area contributed by atoms with Crippen LogP contribution in [-0.4, -0.2) is 40.1 Å². The van der Waals surface area contributed by atoms with Crippen molar-refractivity contribution >= 4 is 22.4 Å². The summed E-state index contributed by atoms with van der Waals surface area (Å²) in [5, 5.41) is 13.2. The predicted octanol–water partition coefficient (Wildman–Crippen LogP) is 1.20. The lowest BCUT2D eigenvalue weighted by Crippen LogP contribution is -2.39. The molecule has 0 unspecified atom stereocenters. The van der Waals surface area contributed by atoms with Crippen LogP contribution >= 0.6 is 11.3 Å². The first-order valence-corrected chi connectivity index (χ1v) is 7.59. The summed E-state index contributed by atoms with van der Waals surface area (Å²) in [4.78, 5) is 13.3. The fourth-order valence-corrected chi connectivity index (χ4v) is 3.33. The summed E-state index contributed by atoms with van der Waals surface area (Å²) >= 11 is 1.54. The number of carbonyl (C=O) groups excluding carboxylic acids is 1. The molecule has 0 spiro atoms. The molecule has 1 heterocycles. The molecule has 106 valence electrons. The van der Waals surface area contributed by atoms with E-state index >= 15 is 0 Å². The monoisotopic (exact) mass is 283 g/mol. The van der Waals surface area contributed by atoms with Crippen molar-refractivity contribution in [1.29, 1.82) is 0 Å². The first-order valence-electron chi connectivity index (χ1n) is 6.77. The fourth-order valence-electron chi connectivity index (χ4n) is 2.50. The van der Waals surface area contributed by atoms with Gasteiger partial charge in [0.15, 0.2) is 0 Å². The molecule has 1 aromatic heterocycles. The van der Waals surface area contributed by atoms with E-state index in [1.54, 1.807) is 11.3 Å². The van der Waals surface area contributed by atoms with Crippen LogP contribution in [0.15, 0.2) is 0 Å². The molecule has 3 N–H and O–H groups in total. The largest absolute Gasteiger partial charge is 0.369 e. The lowest BCUT2D eigenvalue weighted by Gasteiger charge is -2.26. The van der Waals surface area contributed by atoms with Gasteiger partial charge < -0.3 is 11.1 Å². The zero-order chi connectivity index (χ0) is 13.7. The summed E-state index contributed by atoms with van der Waals surface area (Å²) < 4.78 is 0. The van der Waals surface area contributed by atoms with Gasteiger partial charge in [-0.05, 0) is 19.8 Å². The van der Waals surface area contributed by atoms with Gasteiger partial charge in [0.2, 0.25) is 11.0 Å². The number of nitrogens with zero attached hydrogens (tertiary/aromatic N) is 3. The van der Waals surface area contributed by atoms with E-state index in [2.05, 4.69) is 20.4 Å². The van der Waals surface area contributed by atoms with Crippen molar-refractivity contribution in [3.05, 3.63) is 5.01 Å². The van der Waals surface area contributed by atoms with Crippen molar-refractivity contribution in [3.8, 4) is 0 Å². The zero-order valence-electron chi connectivity index (χ0n) is 11.3. The van der Waals surface area contributed by atoms with E-state index in [9.17, 15) is 4.79 Å². The molecule has 0 radical (unpaired) electrons. The fraction of sp³-hybridized carbons (Fsp3) is 0.750. The minimum Gasteiger partial charge on any atom is -0.369 e. The van der Waals surface area contributed by atoms with Crippen LogP contribution in [0.25, 0.3) is 0 Å². The molecule has 19 heavy (non-hydrogen) atoms. The first kappa shape index (κ1) is 14.2. The third-order valence-corrected chi connectivity index (χ3v) is 4.20. The maximum Gasteiger partial charge on any atom is 0.231 e.